The van der Waals surface area contributed by atoms with Crippen molar-refractivity contribution >= 4 is 0 Å². The van der Waals surface area contributed by atoms with Gasteiger partial charge in [0.1, 0.15) is 30.1 Å². The zero-order valence-corrected chi connectivity index (χ0v) is 25.4. The van der Waals surface area contributed by atoms with Crippen LogP contribution in [-0.4, -0.2) is 82.2 Å². The molecule has 0 aromatic rings. The van der Waals surface area contributed by atoms with Crippen LogP contribution in [0.2, 0.25) is 0 Å². The van der Waals surface area contributed by atoms with Gasteiger partial charge < -0.3 is 34.6 Å². The van der Waals surface area contributed by atoms with Crippen molar-refractivity contribution in [2.75, 3.05) is 13.2 Å². The molecule has 0 bridgehead atoms. The molecule has 0 aromatic carbocycles. The highest BCUT2D eigenvalue weighted by Gasteiger charge is 2.68. The Morgan fingerprint density at radius 3 is 2.54 bits per heavy atom. The molecule has 0 radical (unpaired) electrons. The lowest BCUT2D eigenvalue weighted by Gasteiger charge is -2.59. The molecular formula is C33H53NO7. The first-order valence-corrected chi connectivity index (χ1v) is 16.6. The zero-order valence-electron chi connectivity index (χ0n) is 25.4. The highest BCUT2D eigenvalue weighted by atomic mass is 16.7. The molecule has 0 aromatic heterocycles. The summed E-state index contributed by atoms with van der Waals surface area (Å²) in [5, 5.41) is 44.3. The summed E-state index contributed by atoms with van der Waals surface area (Å²) in [5.41, 5.74) is 1.86. The molecule has 0 unspecified atom stereocenters. The van der Waals surface area contributed by atoms with E-state index in [4.69, 9.17) is 14.2 Å². The molecule has 7 rings (SSSR count). The first-order chi connectivity index (χ1) is 19.5. The van der Waals surface area contributed by atoms with Gasteiger partial charge in [-0.05, 0) is 98.2 Å². The molecule has 16 atom stereocenters. The largest absolute Gasteiger partial charge is 0.394 e. The highest BCUT2D eigenvalue weighted by Crippen LogP contribution is 2.70. The lowest BCUT2D eigenvalue weighted by Crippen LogP contribution is -2.60. The van der Waals surface area contributed by atoms with Gasteiger partial charge in [-0.2, -0.15) is 0 Å². The molecule has 3 saturated carbocycles. The predicted octanol–water partition coefficient (Wildman–Crippen LogP) is 3.11. The second-order valence-electron chi connectivity index (χ2n) is 15.6. The number of allylic oxidation sites excluding steroid dienone is 1. The van der Waals surface area contributed by atoms with Crippen molar-refractivity contribution in [1.29, 1.82) is 0 Å². The average Bonchev–Trinajstić information content (AvgIpc) is 3.40. The lowest BCUT2D eigenvalue weighted by molar-refractivity contribution is -0.313. The van der Waals surface area contributed by atoms with Crippen molar-refractivity contribution in [2.45, 2.75) is 134 Å². The van der Waals surface area contributed by atoms with Gasteiger partial charge in [0.25, 0.3) is 0 Å². The maximum Gasteiger partial charge on any atom is 0.186 e. The third-order valence-corrected chi connectivity index (χ3v) is 13.7. The summed E-state index contributed by atoms with van der Waals surface area (Å²) in [4.78, 5) is 0. The fourth-order valence-electron chi connectivity index (χ4n) is 11.3. The third kappa shape index (κ3) is 4.29. The lowest BCUT2D eigenvalue weighted by atomic mass is 9.47. The van der Waals surface area contributed by atoms with Crippen LogP contribution in [0, 0.1) is 46.3 Å². The monoisotopic (exact) mass is 575 g/mol. The molecule has 6 fully saturated rings. The summed E-state index contributed by atoms with van der Waals surface area (Å²) >= 11 is 0. The first-order valence-electron chi connectivity index (χ1n) is 16.6. The van der Waals surface area contributed by atoms with Crippen molar-refractivity contribution in [2.24, 2.45) is 46.3 Å². The van der Waals surface area contributed by atoms with Crippen LogP contribution in [0.4, 0.5) is 0 Å². The zero-order chi connectivity index (χ0) is 28.9. The molecule has 7 aliphatic rings. The predicted molar refractivity (Wildman–Crippen MR) is 152 cm³/mol. The van der Waals surface area contributed by atoms with Crippen molar-refractivity contribution in [1.82, 2.24) is 5.32 Å². The van der Waals surface area contributed by atoms with Crippen LogP contribution in [0.3, 0.4) is 0 Å². The normalized spacial score (nSPS) is 58.3. The van der Waals surface area contributed by atoms with Crippen LogP contribution < -0.4 is 5.32 Å². The van der Waals surface area contributed by atoms with Crippen LogP contribution in [0.15, 0.2) is 11.6 Å². The Hall–Kier alpha value is -0.580. The van der Waals surface area contributed by atoms with E-state index >= 15 is 0 Å². The molecule has 4 aliphatic carbocycles. The second-order valence-corrected chi connectivity index (χ2v) is 15.6. The molecule has 5 N–H and O–H groups in total. The number of ether oxygens (including phenoxy) is 3. The number of hydrogen-bond donors (Lipinski definition) is 5. The number of aliphatic hydroxyl groups excluding tert-OH is 4. The van der Waals surface area contributed by atoms with Gasteiger partial charge in [0.2, 0.25) is 0 Å². The van der Waals surface area contributed by atoms with Gasteiger partial charge >= 0.3 is 0 Å². The average molecular weight is 576 g/mol. The number of piperidine rings is 1. The minimum Gasteiger partial charge on any atom is -0.394 e. The van der Waals surface area contributed by atoms with E-state index in [0.29, 0.717) is 41.1 Å². The minimum atomic E-state index is -1.41. The van der Waals surface area contributed by atoms with E-state index in [9.17, 15) is 20.4 Å². The van der Waals surface area contributed by atoms with E-state index in [1.54, 1.807) is 0 Å². The number of fused-ring (bicyclic) bond motifs is 7. The van der Waals surface area contributed by atoms with E-state index in [-0.39, 0.29) is 17.2 Å². The van der Waals surface area contributed by atoms with Gasteiger partial charge in [0.05, 0.1) is 18.8 Å². The fraction of sp³-hybridized carbons (Fsp3) is 0.939. The Labute approximate surface area is 245 Å². The van der Waals surface area contributed by atoms with E-state index < -0.39 is 37.3 Å². The van der Waals surface area contributed by atoms with Crippen LogP contribution in [-0.2, 0) is 14.2 Å². The van der Waals surface area contributed by atoms with Gasteiger partial charge in [-0.1, -0.05) is 39.3 Å². The van der Waals surface area contributed by atoms with Crippen LogP contribution >= 0.6 is 0 Å². The summed E-state index contributed by atoms with van der Waals surface area (Å²) in [5.74, 6) is 3.99. The summed E-state index contributed by atoms with van der Waals surface area (Å²) < 4.78 is 18.9. The maximum atomic E-state index is 10.5. The quantitative estimate of drug-likeness (QED) is 0.326. The molecular weight excluding hydrogens is 522 g/mol. The van der Waals surface area contributed by atoms with E-state index in [2.05, 4.69) is 39.1 Å². The molecule has 3 saturated heterocycles. The molecule has 3 heterocycles. The minimum absolute atomic E-state index is 0.113. The number of rotatable bonds is 3. The van der Waals surface area contributed by atoms with Crippen molar-refractivity contribution < 1.29 is 34.6 Å². The second kappa shape index (κ2) is 10.2. The van der Waals surface area contributed by atoms with Gasteiger partial charge in [-0.25, -0.2) is 0 Å². The Kier molecular flexibility index (Phi) is 7.27. The van der Waals surface area contributed by atoms with Crippen LogP contribution in [0.25, 0.3) is 0 Å². The molecule has 41 heavy (non-hydrogen) atoms. The van der Waals surface area contributed by atoms with E-state index in [0.717, 1.165) is 44.6 Å². The Morgan fingerprint density at radius 1 is 1.00 bits per heavy atom. The fourth-order valence-corrected chi connectivity index (χ4v) is 11.3. The summed E-state index contributed by atoms with van der Waals surface area (Å²) in [6, 6.07) is 0. The summed E-state index contributed by atoms with van der Waals surface area (Å²) in [7, 11) is 0. The topological polar surface area (TPSA) is 121 Å². The molecule has 232 valence electrons. The van der Waals surface area contributed by atoms with Crippen LogP contribution in [0.1, 0.15) is 85.5 Å². The van der Waals surface area contributed by atoms with Gasteiger partial charge in [0, 0.05) is 12.5 Å². The van der Waals surface area contributed by atoms with Gasteiger partial charge in [-0.15, -0.1) is 0 Å². The third-order valence-electron chi connectivity index (χ3n) is 13.7. The van der Waals surface area contributed by atoms with Crippen molar-refractivity contribution in [3.8, 4) is 0 Å². The van der Waals surface area contributed by atoms with Crippen LogP contribution in [0.5, 0.6) is 0 Å². The number of aliphatic hydroxyl groups is 4. The standard InChI is InChI=1S/C33H53NO7/c1-17-7-12-33(34-15-17)18(2)26-24(41-33)14-23-21-6-5-19-13-20(8-10-31(19,3)22(21)9-11-32(23,26)4)39-30-29(38)28(37)27(36)25(16-35)40-30/h5,17-18,20-30,34-38H,6-16H2,1-4H3/t17-,18+,20+,21-,22+,23+,24+,25-,26+,27-,28+,29-,30-,31+,32+,33-/m1/s1. The SMILES string of the molecule is C[C@@H]1CC[C@@]2(NC1)O[C@H]1C[C@H]3[C@@H]4CC=C5C[C@@H](O[C@@H]6O[C@H](CO)[C@@H](O)[C@H](O)[C@H]6O)CC[C@]5(C)[C@H]4CC[C@]3(C)[C@H]1[C@@H]2C. The number of hydrogen-bond acceptors (Lipinski definition) is 8. The van der Waals surface area contributed by atoms with Gasteiger partial charge in [0.15, 0.2) is 6.29 Å². The summed E-state index contributed by atoms with van der Waals surface area (Å²) in [6.45, 7) is 10.5. The Bertz CT molecular complexity index is 1030. The molecule has 8 heteroatoms. The maximum absolute atomic E-state index is 10.5. The number of nitrogens with one attached hydrogen (secondary N) is 1. The first kappa shape index (κ1) is 29.1. The Balaban J connectivity index is 1.05. The smallest absolute Gasteiger partial charge is 0.186 e. The molecule has 1 spiro atoms. The van der Waals surface area contributed by atoms with E-state index in [1.807, 2.05) is 0 Å². The Morgan fingerprint density at radius 2 is 1.80 bits per heavy atom. The van der Waals surface area contributed by atoms with Crippen molar-refractivity contribution in [3.05, 3.63) is 11.6 Å². The molecule has 3 aliphatic heterocycles. The van der Waals surface area contributed by atoms with Gasteiger partial charge in [-0.3, -0.25) is 5.32 Å². The van der Waals surface area contributed by atoms with Crippen molar-refractivity contribution in [3.63, 3.8) is 0 Å². The molecule has 8 nitrogen and oxygen atoms in total. The summed E-state index contributed by atoms with van der Waals surface area (Å²) in [6.07, 6.45) is 6.64. The highest BCUT2D eigenvalue weighted by molar-refractivity contribution is 5.26. The van der Waals surface area contributed by atoms with E-state index in [1.165, 1.54) is 31.3 Å². The molecule has 0 amide bonds.